The van der Waals surface area contributed by atoms with E-state index in [2.05, 4.69) is 0 Å². The van der Waals surface area contributed by atoms with Gasteiger partial charge in [0.1, 0.15) is 17.6 Å². The van der Waals surface area contributed by atoms with Gasteiger partial charge in [-0.25, -0.2) is 9.59 Å². The number of esters is 2. The van der Waals surface area contributed by atoms with Crippen LogP contribution in [0.4, 0.5) is 0 Å². The minimum Gasteiger partial charge on any atom is -0.493 e. The van der Waals surface area contributed by atoms with Crippen molar-refractivity contribution in [1.29, 1.82) is 5.26 Å². The highest BCUT2D eigenvalue weighted by Crippen LogP contribution is 2.32. The number of thiophene rings is 1. The van der Waals surface area contributed by atoms with E-state index in [0.717, 1.165) is 16.9 Å². The van der Waals surface area contributed by atoms with Gasteiger partial charge in [-0.3, -0.25) is 4.79 Å². The molecule has 40 heavy (non-hydrogen) atoms. The number of methoxy groups -OCH3 is 1. The number of hydrogen-bond acceptors (Lipinski definition) is 9. The van der Waals surface area contributed by atoms with Gasteiger partial charge >= 0.3 is 11.9 Å². The predicted molar refractivity (Wildman–Crippen MR) is 152 cm³/mol. The number of hydrogen-bond donors (Lipinski definition) is 0. The smallest absolute Gasteiger partial charge is 0.348 e. The van der Waals surface area contributed by atoms with E-state index in [1.165, 1.54) is 13.2 Å². The zero-order valence-corrected chi connectivity index (χ0v) is 24.1. The average Bonchev–Trinajstić information content (AvgIpc) is 3.27. The Morgan fingerprint density at radius 3 is 2.38 bits per heavy atom. The Kier molecular flexibility index (Phi) is 10.9. The lowest BCUT2D eigenvalue weighted by Crippen LogP contribution is -2.12. The van der Waals surface area contributed by atoms with Crippen LogP contribution in [0.5, 0.6) is 11.5 Å². The van der Waals surface area contributed by atoms with Crippen LogP contribution in [-0.4, -0.2) is 38.0 Å². The molecule has 0 radical (unpaired) electrons. The van der Waals surface area contributed by atoms with Crippen molar-refractivity contribution in [2.24, 2.45) is 0 Å². The summed E-state index contributed by atoms with van der Waals surface area (Å²) in [4.78, 5) is 38.8. The van der Waals surface area contributed by atoms with Gasteiger partial charge in [0.15, 0.2) is 17.3 Å². The maximum Gasteiger partial charge on any atom is 0.348 e. The van der Waals surface area contributed by atoms with Crippen LogP contribution in [0.25, 0.3) is 6.08 Å². The van der Waals surface area contributed by atoms with Crippen LogP contribution < -0.4 is 9.47 Å². The number of ketones is 1. The van der Waals surface area contributed by atoms with Crippen LogP contribution in [0, 0.1) is 18.3 Å². The predicted octanol–water partition coefficient (Wildman–Crippen LogP) is 6.37. The normalized spacial score (nSPS) is 10.9. The van der Waals surface area contributed by atoms with Crippen LogP contribution in [-0.2, 0) is 27.3 Å². The van der Waals surface area contributed by atoms with Crippen molar-refractivity contribution in [3.63, 3.8) is 0 Å². The number of allylic oxidation sites excluding steroid dienone is 1. The number of nitrogens with zero attached hydrogens (tertiary/aromatic N) is 1. The highest BCUT2D eigenvalue weighted by molar-refractivity contribution is 7.14. The summed E-state index contributed by atoms with van der Waals surface area (Å²) < 4.78 is 21.6. The molecule has 0 spiro atoms. The fraction of sp³-hybridized carbons (Fsp3) is 0.267. The standard InChI is InChI=1S/C30H28ClNO7S/c1-5-37-29(34)27-18(3)28(30(35)38-6-2)40-26(27)15-23(33)21(16-32)13-19-11-12-24(25(14-19)36-4)39-17-20-9-7-8-10-22(20)31/h7-14H,5-6,15,17H2,1-4H3. The van der Waals surface area contributed by atoms with Gasteiger partial charge in [0.05, 0.1) is 31.5 Å². The van der Waals surface area contributed by atoms with Crippen LogP contribution >= 0.6 is 22.9 Å². The fourth-order valence-electron chi connectivity index (χ4n) is 3.81. The Morgan fingerprint density at radius 2 is 1.73 bits per heavy atom. The summed E-state index contributed by atoms with van der Waals surface area (Å²) in [7, 11) is 1.48. The third kappa shape index (κ3) is 7.29. The molecular weight excluding hydrogens is 554 g/mol. The molecule has 3 rings (SSSR count). The van der Waals surface area contributed by atoms with E-state index in [1.54, 1.807) is 45.0 Å². The van der Waals surface area contributed by atoms with E-state index < -0.39 is 17.7 Å². The highest BCUT2D eigenvalue weighted by Gasteiger charge is 2.28. The second-order valence-corrected chi connectivity index (χ2v) is 9.87. The van der Waals surface area contributed by atoms with Gasteiger partial charge < -0.3 is 18.9 Å². The van der Waals surface area contributed by atoms with Crippen molar-refractivity contribution < 1.29 is 33.3 Å². The Balaban J connectivity index is 1.86. The number of rotatable bonds is 12. The molecule has 8 nitrogen and oxygen atoms in total. The van der Waals surface area contributed by atoms with E-state index in [-0.39, 0.29) is 42.3 Å². The molecule has 0 aliphatic heterocycles. The van der Waals surface area contributed by atoms with Crippen molar-refractivity contribution >= 4 is 46.7 Å². The molecule has 0 atom stereocenters. The quantitative estimate of drug-likeness (QED) is 0.138. The number of carbonyl (C=O) groups is 3. The molecule has 0 aliphatic carbocycles. The summed E-state index contributed by atoms with van der Waals surface area (Å²) in [6.45, 7) is 5.45. The Morgan fingerprint density at radius 1 is 1.02 bits per heavy atom. The lowest BCUT2D eigenvalue weighted by molar-refractivity contribution is -0.114. The van der Waals surface area contributed by atoms with Crippen LogP contribution in [0.2, 0.25) is 5.02 Å². The number of benzene rings is 2. The molecule has 0 aliphatic rings. The summed E-state index contributed by atoms with van der Waals surface area (Å²) in [5.41, 5.74) is 1.73. The second-order valence-electron chi connectivity index (χ2n) is 8.36. The molecule has 0 unspecified atom stereocenters. The van der Waals surface area contributed by atoms with E-state index in [9.17, 15) is 19.6 Å². The van der Waals surface area contributed by atoms with Gasteiger partial charge in [-0.2, -0.15) is 5.26 Å². The van der Waals surface area contributed by atoms with E-state index in [4.69, 9.17) is 30.5 Å². The third-order valence-corrected chi connectivity index (χ3v) is 7.38. The zero-order valence-electron chi connectivity index (χ0n) is 22.5. The first-order valence-corrected chi connectivity index (χ1v) is 13.6. The molecule has 3 aromatic rings. The molecule has 1 heterocycles. The molecular formula is C30H28ClNO7S. The minimum absolute atomic E-state index is 0.125. The molecule has 0 bridgehead atoms. The van der Waals surface area contributed by atoms with Gasteiger partial charge in [0.2, 0.25) is 0 Å². The maximum atomic E-state index is 13.2. The van der Waals surface area contributed by atoms with Crippen molar-refractivity contribution in [2.75, 3.05) is 20.3 Å². The van der Waals surface area contributed by atoms with Gasteiger partial charge in [0.25, 0.3) is 0 Å². The molecule has 0 fully saturated rings. The molecule has 10 heteroatoms. The summed E-state index contributed by atoms with van der Waals surface area (Å²) in [5.74, 6) is -0.890. The Bertz CT molecular complexity index is 1490. The summed E-state index contributed by atoms with van der Waals surface area (Å²) in [6.07, 6.45) is 1.16. The molecule has 0 amide bonds. The molecule has 0 N–H and O–H groups in total. The topological polar surface area (TPSA) is 112 Å². The van der Waals surface area contributed by atoms with Gasteiger partial charge in [-0.1, -0.05) is 35.9 Å². The van der Waals surface area contributed by atoms with E-state index >= 15 is 0 Å². The number of carbonyl (C=O) groups excluding carboxylic acids is 3. The zero-order chi connectivity index (χ0) is 29.2. The first-order chi connectivity index (χ1) is 19.2. The first kappa shape index (κ1) is 30.4. The largest absolute Gasteiger partial charge is 0.493 e. The summed E-state index contributed by atoms with van der Waals surface area (Å²) in [6, 6.07) is 14.3. The molecule has 1 aromatic heterocycles. The van der Waals surface area contributed by atoms with Gasteiger partial charge in [-0.15, -0.1) is 11.3 Å². The van der Waals surface area contributed by atoms with Crippen LogP contribution in [0.3, 0.4) is 0 Å². The van der Waals surface area contributed by atoms with E-state index in [1.807, 2.05) is 24.3 Å². The summed E-state index contributed by atoms with van der Waals surface area (Å²) >= 11 is 7.19. The monoisotopic (exact) mass is 581 g/mol. The number of ether oxygens (including phenoxy) is 4. The van der Waals surface area contributed by atoms with Crippen molar-refractivity contribution in [3.05, 3.63) is 85.1 Å². The fourth-order valence-corrected chi connectivity index (χ4v) is 5.18. The number of nitriles is 1. The van der Waals surface area contributed by atoms with Gasteiger partial charge in [-0.05, 0) is 56.2 Å². The van der Waals surface area contributed by atoms with Crippen molar-refractivity contribution in [2.45, 2.75) is 33.8 Å². The first-order valence-electron chi connectivity index (χ1n) is 12.4. The molecule has 0 saturated carbocycles. The molecule has 2 aromatic carbocycles. The van der Waals surface area contributed by atoms with Crippen molar-refractivity contribution in [1.82, 2.24) is 0 Å². The third-order valence-electron chi connectivity index (χ3n) is 5.74. The van der Waals surface area contributed by atoms with Crippen LogP contribution in [0.1, 0.15) is 55.4 Å². The minimum atomic E-state index is -0.644. The highest BCUT2D eigenvalue weighted by atomic mass is 35.5. The molecule has 0 saturated heterocycles. The number of halogens is 1. The summed E-state index contributed by atoms with van der Waals surface area (Å²) in [5, 5.41) is 10.3. The lowest BCUT2D eigenvalue weighted by atomic mass is 10.0. The SMILES string of the molecule is CCOC(=O)c1sc(CC(=O)C(C#N)=Cc2ccc(OCc3ccccc3Cl)c(OC)c2)c(C(=O)OCC)c1C. The van der Waals surface area contributed by atoms with Crippen molar-refractivity contribution in [3.8, 4) is 17.6 Å². The lowest BCUT2D eigenvalue weighted by Gasteiger charge is -2.12. The Labute approximate surface area is 241 Å². The number of Topliss-reactive ketones (excluding diaryl/α,β-unsaturated/α-hetero) is 1. The Hall–Kier alpha value is -4.13. The van der Waals surface area contributed by atoms with Gasteiger partial charge in [0, 0.05) is 21.9 Å². The molecule has 208 valence electrons. The average molecular weight is 582 g/mol. The second kappa shape index (κ2) is 14.3. The maximum absolute atomic E-state index is 13.2. The van der Waals surface area contributed by atoms with Crippen LogP contribution in [0.15, 0.2) is 48.0 Å². The van der Waals surface area contributed by atoms with E-state index in [0.29, 0.717) is 32.5 Å².